The molecule has 2 saturated carbocycles. The van der Waals surface area contributed by atoms with Crippen LogP contribution < -0.4 is 27.2 Å². The molecule has 8 unspecified atom stereocenters. The predicted octanol–water partition coefficient (Wildman–Crippen LogP) is 15.7. The van der Waals surface area contributed by atoms with E-state index in [2.05, 4.69) is 65.1 Å². The number of hydrogen-bond donors (Lipinski definition) is 5. The Bertz CT molecular complexity index is 2980. The normalized spacial score (nSPS) is 29.8. The number of nitrogens with one attached hydrogen (secondary N) is 4. The third-order valence-electron chi connectivity index (χ3n) is 19.0. The van der Waals surface area contributed by atoms with Gasteiger partial charge in [-0.15, -0.1) is 0 Å². The summed E-state index contributed by atoms with van der Waals surface area (Å²) in [6, 6.07) is 28.3. The van der Waals surface area contributed by atoms with E-state index in [4.69, 9.17) is 48.0 Å². The van der Waals surface area contributed by atoms with Crippen LogP contribution in [-0.4, -0.2) is 104 Å². The smallest absolute Gasteiger partial charge is 0.271 e. The Morgan fingerprint density at radius 2 is 0.745 bits per heavy atom. The first-order valence-electron chi connectivity index (χ1n) is 37.6. The molecule has 8 aliphatic heterocycles. The minimum Gasteiger partial charge on any atom is -0.370 e. The maximum absolute atomic E-state index is 12.6. The highest BCUT2D eigenvalue weighted by Gasteiger charge is 2.71. The van der Waals surface area contributed by atoms with Gasteiger partial charge in [0.2, 0.25) is 17.5 Å². The van der Waals surface area contributed by atoms with Gasteiger partial charge >= 0.3 is 0 Å². The van der Waals surface area contributed by atoms with Crippen molar-refractivity contribution in [3.05, 3.63) is 142 Å². The Hall–Kier alpha value is -6.83. The molecule has 5 amide bonds. The molecule has 8 heterocycles. The van der Waals surface area contributed by atoms with Crippen molar-refractivity contribution in [1.29, 1.82) is 0 Å². The number of benzene rings is 4. The zero-order valence-corrected chi connectivity index (χ0v) is 65.5. The van der Waals surface area contributed by atoms with Gasteiger partial charge in [0.05, 0.1) is 25.6 Å². The van der Waals surface area contributed by atoms with E-state index in [-0.39, 0.29) is 53.2 Å². The molecule has 4 bridgehead atoms. The van der Waals surface area contributed by atoms with Gasteiger partial charge in [-0.2, -0.15) is 10.2 Å². The number of carbonyl (C=O) groups excluding carboxylic acids is 5. The van der Waals surface area contributed by atoms with Crippen LogP contribution in [0.25, 0.3) is 0 Å². The lowest BCUT2D eigenvalue weighted by molar-refractivity contribution is -0.577. The average Bonchev–Trinajstić information content (AvgIpc) is 1.38. The van der Waals surface area contributed by atoms with Gasteiger partial charge in [-0.05, 0) is 147 Å². The van der Waals surface area contributed by atoms with Crippen LogP contribution in [0.1, 0.15) is 260 Å². The van der Waals surface area contributed by atoms with Crippen molar-refractivity contribution in [3.63, 3.8) is 0 Å². The van der Waals surface area contributed by atoms with Crippen LogP contribution in [0.15, 0.2) is 107 Å². The minimum absolute atomic E-state index is 0.0915. The second-order valence-corrected chi connectivity index (χ2v) is 25.0. The number of primary amides is 1. The van der Waals surface area contributed by atoms with Crippen LogP contribution in [-0.2, 0) is 66.0 Å². The molecule has 2 spiro atoms. The van der Waals surface area contributed by atoms with Crippen molar-refractivity contribution in [2.24, 2.45) is 63.3 Å². The molecule has 16 atom stereocenters. The lowest BCUT2D eigenvalue weighted by atomic mass is 9.58. The Morgan fingerprint density at radius 3 is 1.05 bits per heavy atom. The molecule has 14 rings (SSSR count). The molecule has 10 aliphatic rings. The van der Waals surface area contributed by atoms with Crippen molar-refractivity contribution >= 4 is 42.0 Å². The summed E-state index contributed by atoms with van der Waals surface area (Å²) >= 11 is 0. The predicted molar refractivity (Wildman–Crippen MR) is 400 cm³/mol. The SMILES string of the molecule is CC.CC.CC.CC.CC.CC.CC.CC(N)=O.CNC(=O)c1ccc(/C=N/NC(=O)c2ccc(COC3OC4O[C@@]5(C)CCC6[C@H](C)CCC([C@H]3C)[C@@]46OO5)cc2)cc1.CNC(=O)c1ccc(/C=N/NC(=O)c2ccc(COC3OC4O[C@@]5(C)CCC6[C@H](C)CCC([C@H]3C)[C@@]46OO5)cc2)cc1. The molecule has 22 heteroatoms. The number of fused-ring (bicyclic) bond motifs is 4. The maximum atomic E-state index is 12.6. The highest BCUT2D eigenvalue weighted by molar-refractivity contribution is 5.97. The van der Waals surface area contributed by atoms with E-state index in [0.717, 1.165) is 73.6 Å². The number of amides is 5. The van der Waals surface area contributed by atoms with E-state index in [1.54, 1.807) is 86.9 Å². The lowest BCUT2D eigenvalue weighted by Gasteiger charge is -2.60. The topological polar surface area (TPSA) is 277 Å². The summed E-state index contributed by atoms with van der Waals surface area (Å²) in [5.74, 6) is -0.725. The number of nitrogens with zero attached hydrogens (tertiary/aromatic N) is 2. The molecule has 0 radical (unpaired) electrons. The number of hydrogen-bond acceptors (Lipinski definition) is 17. The van der Waals surface area contributed by atoms with Crippen LogP contribution in [0.3, 0.4) is 0 Å². The highest BCUT2D eigenvalue weighted by Crippen LogP contribution is 2.62. The van der Waals surface area contributed by atoms with E-state index < -0.39 is 47.9 Å². The largest absolute Gasteiger partial charge is 0.370 e. The fourth-order valence-corrected chi connectivity index (χ4v) is 14.2. The number of ether oxygens (including phenoxy) is 6. The van der Waals surface area contributed by atoms with Crippen molar-refractivity contribution in [3.8, 4) is 0 Å². The Morgan fingerprint density at radius 1 is 0.451 bits per heavy atom. The van der Waals surface area contributed by atoms with E-state index >= 15 is 0 Å². The quantitative estimate of drug-likeness (QED) is 0.0446. The number of carbonyl (C=O) groups is 5. The van der Waals surface area contributed by atoms with E-state index in [9.17, 15) is 24.0 Å². The molecular weight excluding hydrogens is 1300 g/mol. The van der Waals surface area contributed by atoms with Crippen LogP contribution in [0.5, 0.6) is 0 Å². The van der Waals surface area contributed by atoms with E-state index in [1.807, 2.05) is 135 Å². The van der Waals surface area contributed by atoms with Crippen LogP contribution in [0, 0.1) is 47.3 Å². The lowest BCUT2D eigenvalue weighted by Crippen LogP contribution is -2.70. The monoisotopic (exact) mass is 1420 g/mol. The first kappa shape index (κ1) is 89.4. The third-order valence-corrected chi connectivity index (χ3v) is 19.0. The van der Waals surface area contributed by atoms with Crippen molar-refractivity contribution in [2.45, 2.75) is 258 Å². The molecule has 22 nitrogen and oxygen atoms in total. The summed E-state index contributed by atoms with van der Waals surface area (Å²) < 4.78 is 38.5. The zero-order valence-electron chi connectivity index (χ0n) is 65.5. The van der Waals surface area contributed by atoms with E-state index in [1.165, 1.54) is 19.4 Å². The van der Waals surface area contributed by atoms with Gasteiger partial charge in [0, 0.05) is 79.8 Å². The minimum atomic E-state index is -0.819. The summed E-state index contributed by atoms with van der Waals surface area (Å²) in [6.45, 7) is 42.7. The third kappa shape index (κ3) is 22.1. The summed E-state index contributed by atoms with van der Waals surface area (Å²) in [6.07, 6.45) is 8.88. The average molecular weight is 1420 g/mol. The fourth-order valence-electron chi connectivity index (χ4n) is 14.2. The highest BCUT2D eigenvalue weighted by atomic mass is 17.3. The molecule has 10 fully saturated rings. The molecular formula is C80H125N7O15. The molecule has 4 aromatic rings. The van der Waals surface area contributed by atoms with Gasteiger partial charge in [-0.3, -0.25) is 24.0 Å². The molecule has 0 aromatic heterocycles. The number of rotatable bonds is 14. The Balaban J connectivity index is 0.000000433. The van der Waals surface area contributed by atoms with Gasteiger partial charge in [0.25, 0.3) is 23.6 Å². The molecule has 2 aliphatic carbocycles. The van der Waals surface area contributed by atoms with Crippen LogP contribution in [0.4, 0.5) is 0 Å². The first-order chi connectivity index (χ1) is 49.2. The van der Waals surface area contributed by atoms with Crippen molar-refractivity contribution in [2.75, 3.05) is 14.1 Å². The van der Waals surface area contributed by atoms with Gasteiger partial charge in [0.1, 0.15) is 0 Å². The van der Waals surface area contributed by atoms with Gasteiger partial charge < -0.3 is 44.8 Å². The zero-order chi connectivity index (χ0) is 76.5. The maximum Gasteiger partial charge on any atom is 0.271 e. The second-order valence-electron chi connectivity index (χ2n) is 25.0. The second kappa shape index (κ2) is 44.1. The van der Waals surface area contributed by atoms with E-state index in [0.29, 0.717) is 59.1 Å². The summed E-state index contributed by atoms with van der Waals surface area (Å²) in [5, 5.41) is 13.2. The first-order valence-corrected chi connectivity index (χ1v) is 37.6. The Kier molecular flexibility index (Phi) is 38.6. The summed E-state index contributed by atoms with van der Waals surface area (Å²) in [7, 11) is 3.16. The molecule has 6 N–H and O–H groups in total. The number of hydrazone groups is 2. The van der Waals surface area contributed by atoms with Gasteiger partial charge in [0.15, 0.2) is 36.4 Å². The molecule has 4 aromatic carbocycles. The van der Waals surface area contributed by atoms with Gasteiger partial charge in [-0.1, -0.05) is 173 Å². The van der Waals surface area contributed by atoms with Crippen molar-refractivity contribution in [1.82, 2.24) is 21.5 Å². The summed E-state index contributed by atoms with van der Waals surface area (Å²) in [5.41, 5.74) is 13.8. The molecule has 102 heavy (non-hydrogen) atoms. The van der Waals surface area contributed by atoms with Crippen LogP contribution >= 0.6 is 0 Å². The Labute approximate surface area is 609 Å². The van der Waals surface area contributed by atoms with Crippen molar-refractivity contribution < 1.29 is 71.9 Å². The summed E-state index contributed by atoms with van der Waals surface area (Å²) in [4.78, 5) is 81.9. The molecule has 8 saturated heterocycles. The fraction of sp³-hybridized carbons (Fsp3) is 0.613. The van der Waals surface area contributed by atoms with Crippen LogP contribution in [0.2, 0.25) is 0 Å². The standard InChI is InChI=1S/2C32H39N3O7.C2H5NO.7C2H6/c2*1-19-5-14-26-20(2)29(39-30-32(26)25(19)15-16-31(3,40-30)41-42-32)38-18-22-8-12-24(13-9-22)28(37)35-34-17-21-6-10-23(11-7-21)27(36)33-4;1-2(3)4;7*1-2/h2*6-13,17,19-20,25-26,29-30H,5,14-16,18H2,1-4H3,(H,33,36)(H,35,37);1H3,(H2,3,4);7*1-2H3/b2*34-17+;;;;;;;;/t2*19-,20-,25?,26?,29?,30?,31-,32-;;;;;;;;/m11......../s1. The van der Waals surface area contributed by atoms with Gasteiger partial charge in [-0.25, -0.2) is 30.4 Å². The molecule has 570 valence electrons. The number of nitrogens with two attached hydrogens (primary N) is 1.